The molecule has 0 radical (unpaired) electrons. The third-order valence-electron chi connectivity index (χ3n) is 10.4. The van der Waals surface area contributed by atoms with Gasteiger partial charge in [0.05, 0.1) is 6.04 Å². The molecule has 1 aromatic carbocycles. The van der Waals surface area contributed by atoms with Crippen molar-refractivity contribution in [3.05, 3.63) is 47.8 Å². The maximum atomic E-state index is 13.9. The highest BCUT2D eigenvalue weighted by molar-refractivity contribution is 7.89. The molecular formula is C27H31N3O4S. The normalized spacial score (nSPS) is 37.5. The van der Waals surface area contributed by atoms with E-state index in [1.54, 1.807) is 28.7 Å². The molecule has 2 spiro atoms. The maximum absolute atomic E-state index is 13.9. The number of phenolic OH excluding ortho intramolecular Hbond substituents is 1. The number of sulfonamides is 1. The molecule has 7 aliphatic rings. The molecule has 4 aliphatic heterocycles. The summed E-state index contributed by atoms with van der Waals surface area (Å²) < 4.78 is 36.3. The SMILES string of the molecule is O=S(=O)(c1cccnc1)N1CC[C@@]23CC[C@@H]1[C@@H]1Oc4c(O)ccc5c4[C@@]12CCN(CC1CC1)[C@@H]3C5. The summed E-state index contributed by atoms with van der Waals surface area (Å²) in [5.41, 5.74) is 2.23. The Morgan fingerprint density at radius 1 is 1.11 bits per heavy atom. The molecule has 2 aromatic rings. The summed E-state index contributed by atoms with van der Waals surface area (Å²) in [5, 5.41) is 10.9. The molecule has 5 heterocycles. The van der Waals surface area contributed by atoms with Crippen LogP contribution in [0.25, 0.3) is 0 Å². The zero-order valence-electron chi connectivity index (χ0n) is 19.8. The number of likely N-dealkylation sites (tertiary alicyclic amines) is 1. The van der Waals surface area contributed by atoms with Gasteiger partial charge >= 0.3 is 0 Å². The van der Waals surface area contributed by atoms with E-state index in [2.05, 4.69) is 16.0 Å². The summed E-state index contributed by atoms with van der Waals surface area (Å²) in [6.07, 6.45) is 10.1. The lowest BCUT2D eigenvalue weighted by Gasteiger charge is -2.66. The van der Waals surface area contributed by atoms with Crippen molar-refractivity contribution in [2.24, 2.45) is 11.3 Å². The van der Waals surface area contributed by atoms with Crippen LogP contribution in [0.1, 0.15) is 49.7 Å². The van der Waals surface area contributed by atoms with Crippen LogP contribution in [0.3, 0.4) is 0 Å². The molecule has 9 rings (SSSR count). The largest absolute Gasteiger partial charge is 0.504 e. The van der Waals surface area contributed by atoms with Gasteiger partial charge in [0.2, 0.25) is 10.0 Å². The van der Waals surface area contributed by atoms with Gasteiger partial charge in [-0.3, -0.25) is 9.88 Å². The predicted molar refractivity (Wildman–Crippen MR) is 129 cm³/mol. The molecule has 184 valence electrons. The van der Waals surface area contributed by atoms with E-state index in [0.717, 1.165) is 51.1 Å². The third-order valence-corrected chi connectivity index (χ3v) is 12.3. The van der Waals surface area contributed by atoms with Gasteiger partial charge in [-0.2, -0.15) is 4.31 Å². The van der Waals surface area contributed by atoms with Crippen LogP contribution in [0.4, 0.5) is 0 Å². The number of piperidine rings is 1. The zero-order valence-corrected chi connectivity index (χ0v) is 20.6. The number of nitrogens with zero attached hydrogens (tertiary/aromatic N) is 3. The first kappa shape index (κ1) is 21.0. The first-order valence-corrected chi connectivity index (χ1v) is 14.6. The van der Waals surface area contributed by atoms with E-state index in [4.69, 9.17) is 4.74 Å². The van der Waals surface area contributed by atoms with Gasteiger partial charge in [-0.05, 0) is 81.2 Å². The quantitative estimate of drug-likeness (QED) is 0.705. The minimum absolute atomic E-state index is 0.0352. The maximum Gasteiger partial charge on any atom is 0.244 e. The fourth-order valence-electron chi connectivity index (χ4n) is 8.89. The highest BCUT2D eigenvalue weighted by Gasteiger charge is 2.75. The number of aromatic nitrogens is 1. The van der Waals surface area contributed by atoms with Crippen LogP contribution in [0.2, 0.25) is 0 Å². The summed E-state index contributed by atoms with van der Waals surface area (Å²) in [7, 11) is -3.71. The topological polar surface area (TPSA) is 83.0 Å². The molecular weight excluding hydrogens is 462 g/mol. The van der Waals surface area contributed by atoms with E-state index in [1.807, 2.05) is 0 Å². The van der Waals surface area contributed by atoms with Crippen LogP contribution >= 0.6 is 0 Å². The van der Waals surface area contributed by atoms with Crippen LogP contribution in [0.5, 0.6) is 11.5 Å². The lowest BCUT2D eigenvalue weighted by atomic mass is 9.42. The Balaban J connectivity index is 1.32. The highest BCUT2D eigenvalue weighted by Crippen LogP contribution is 2.72. The van der Waals surface area contributed by atoms with Crippen LogP contribution in [0, 0.1) is 11.3 Å². The number of ether oxygens (including phenoxy) is 1. The number of pyridine rings is 1. The number of hydrogen-bond donors (Lipinski definition) is 1. The van der Waals surface area contributed by atoms with E-state index in [1.165, 1.54) is 30.2 Å². The number of aromatic hydroxyl groups is 1. The molecule has 35 heavy (non-hydrogen) atoms. The monoisotopic (exact) mass is 493 g/mol. The van der Waals surface area contributed by atoms with E-state index in [-0.39, 0.29) is 33.6 Å². The summed E-state index contributed by atoms with van der Waals surface area (Å²) >= 11 is 0. The van der Waals surface area contributed by atoms with E-state index >= 15 is 0 Å². The van der Waals surface area contributed by atoms with E-state index in [0.29, 0.717) is 18.3 Å². The standard InChI is InChI=1S/C27H31N3O4S/c31-21-6-5-18-14-22-26-8-7-20(30(13-9-26)35(32,33)19-2-1-11-28-15-19)25-27(26,23(18)24(21)34-25)10-12-29(22)16-17-3-4-17/h1-2,5-6,11,15,17,20,22,25,31H,3-4,7-10,12-14,16H2/t20-,22-,25+,26-,27+/m1/s1. The molecule has 4 bridgehead atoms. The van der Waals surface area contributed by atoms with Crippen molar-refractivity contribution in [3.8, 4) is 11.5 Å². The number of phenols is 1. The minimum atomic E-state index is -3.71. The molecule has 8 heteroatoms. The number of fused-ring (bicyclic) bond motifs is 3. The average Bonchev–Trinajstić information content (AvgIpc) is 3.65. The van der Waals surface area contributed by atoms with E-state index < -0.39 is 10.0 Å². The van der Waals surface area contributed by atoms with Crippen molar-refractivity contribution in [2.45, 2.75) is 73.4 Å². The molecule has 1 N–H and O–H groups in total. The fourth-order valence-corrected chi connectivity index (χ4v) is 10.5. The molecule has 0 unspecified atom stereocenters. The fraction of sp³-hybridized carbons (Fsp3) is 0.593. The molecule has 2 saturated carbocycles. The average molecular weight is 494 g/mol. The second-order valence-electron chi connectivity index (χ2n) is 11.7. The van der Waals surface area contributed by atoms with Gasteiger partial charge in [0.15, 0.2) is 11.5 Å². The first-order chi connectivity index (χ1) is 17.0. The van der Waals surface area contributed by atoms with Gasteiger partial charge < -0.3 is 9.84 Å². The van der Waals surface area contributed by atoms with Crippen molar-refractivity contribution < 1.29 is 18.3 Å². The Bertz CT molecular complexity index is 1330. The van der Waals surface area contributed by atoms with Gasteiger partial charge in [-0.15, -0.1) is 0 Å². The Hall–Kier alpha value is -2.16. The first-order valence-electron chi connectivity index (χ1n) is 13.1. The zero-order chi connectivity index (χ0) is 23.6. The van der Waals surface area contributed by atoms with Crippen LogP contribution < -0.4 is 4.74 Å². The summed E-state index contributed by atoms with van der Waals surface area (Å²) in [5.74, 6) is 1.64. The van der Waals surface area contributed by atoms with Crippen molar-refractivity contribution in [3.63, 3.8) is 0 Å². The van der Waals surface area contributed by atoms with Crippen molar-refractivity contribution in [1.29, 1.82) is 0 Å². The Morgan fingerprint density at radius 3 is 2.80 bits per heavy atom. The van der Waals surface area contributed by atoms with Crippen molar-refractivity contribution in [2.75, 3.05) is 19.6 Å². The number of hydrogen-bond acceptors (Lipinski definition) is 6. The van der Waals surface area contributed by atoms with Gasteiger partial charge in [0.25, 0.3) is 0 Å². The smallest absolute Gasteiger partial charge is 0.244 e. The molecule has 5 fully saturated rings. The van der Waals surface area contributed by atoms with Crippen LogP contribution in [-0.2, 0) is 21.9 Å². The number of benzene rings is 1. The van der Waals surface area contributed by atoms with Crippen LogP contribution in [0.15, 0.2) is 41.6 Å². The number of rotatable bonds is 4. The second-order valence-corrected chi connectivity index (χ2v) is 13.6. The molecule has 5 atom stereocenters. The van der Waals surface area contributed by atoms with Gasteiger partial charge in [0.1, 0.15) is 11.0 Å². The lowest BCUT2D eigenvalue weighted by molar-refractivity contribution is -0.128. The molecule has 0 amide bonds. The minimum Gasteiger partial charge on any atom is -0.504 e. The molecule has 7 nitrogen and oxygen atoms in total. The Labute approximate surface area is 206 Å². The summed E-state index contributed by atoms with van der Waals surface area (Å²) in [6.45, 7) is 2.70. The van der Waals surface area contributed by atoms with E-state index in [9.17, 15) is 13.5 Å². The Morgan fingerprint density at radius 2 is 2.00 bits per heavy atom. The Kier molecular flexibility index (Phi) is 4.06. The van der Waals surface area contributed by atoms with Crippen molar-refractivity contribution in [1.82, 2.24) is 14.2 Å². The third kappa shape index (κ3) is 2.48. The molecule has 3 aliphatic carbocycles. The second kappa shape index (κ2) is 6.78. The highest BCUT2D eigenvalue weighted by atomic mass is 32.2. The van der Waals surface area contributed by atoms with Gasteiger partial charge in [-0.25, -0.2) is 8.42 Å². The van der Waals surface area contributed by atoms with Gasteiger partial charge in [0, 0.05) is 47.9 Å². The van der Waals surface area contributed by atoms with Crippen molar-refractivity contribution >= 4 is 10.0 Å². The molecule has 1 aromatic heterocycles. The lowest BCUT2D eigenvalue weighted by Crippen LogP contribution is -2.72. The van der Waals surface area contributed by atoms with Crippen LogP contribution in [-0.4, -0.2) is 65.5 Å². The summed E-state index contributed by atoms with van der Waals surface area (Å²) in [4.78, 5) is 7.10. The summed E-state index contributed by atoms with van der Waals surface area (Å²) in [6, 6.07) is 7.37. The molecule has 3 saturated heterocycles. The predicted octanol–water partition coefficient (Wildman–Crippen LogP) is 3.07. The van der Waals surface area contributed by atoms with Gasteiger partial charge in [-0.1, -0.05) is 6.07 Å².